The summed E-state index contributed by atoms with van der Waals surface area (Å²) in [6.07, 6.45) is 4.38. The van der Waals surface area contributed by atoms with Crippen LogP contribution in [-0.4, -0.2) is 43.3 Å². The fourth-order valence-corrected chi connectivity index (χ4v) is 2.78. The van der Waals surface area contributed by atoms with Gasteiger partial charge in [0.2, 0.25) is 0 Å². The Hall–Kier alpha value is -2.22. The van der Waals surface area contributed by atoms with E-state index >= 15 is 0 Å². The molecule has 0 aromatic carbocycles. The smallest absolute Gasteiger partial charge is 0.274 e. The van der Waals surface area contributed by atoms with E-state index in [9.17, 15) is 4.79 Å². The van der Waals surface area contributed by atoms with Gasteiger partial charge in [-0.05, 0) is 27.2 Å². The van der Waals surface area contributed by atoms with Gasteiger partial charge in [0.05, 0.1) is 24.5 Å². The first-order chi connectivity index (χ1) is 11.1. The molecule has 0 aliphatic carbocycles. The van der Waals surface area contributed by atoms with E-state index in [1.807, 2.05) is 24.7 Å². The molecule has 1 aliphatic heterocycles. The van der Waals surface area contributed by atoms with Crippen molar-refractivity contribution < 1.29 is 9.53 Å². The van der Waals surface area contributed by atoms with Gasteiger partial charge in [0.25, 0.3) is 5.91 Å². The molecule has 8 heteroatoms. The van der Waals surface area contributed by atoms with Gasteiger partial charge in [-0.3, -0.25) is 9.48 Å². The Morgan fingerprint density at radius 3 is 2.87 bits per heavy atom. The third-order valence-electron chi connectivity index (χ3n) is 4.04. The number of carbonyl (C=O) groups excluding carboxylic acids is 1. The van der Waals surface area contributed by atoms with Crippen molar-refractivity contribution in [1.29, 1.82) is 0 Å². The molecule has 0 unspecified atom stereocenters. The Bertz CT molecular complexity index is 692. The van der Waals surface area contributed by atoms with E-state index in [1.165, 1.54) is 4.80 Å². The van der Waals surface area contributed by atoms with E-state index in [0.29, 0.717) is 24.5 Å². The molecule has 124 valence electrons. The van der Waals surface area contributed by atoms with Crippen LogP contribution in [-0.2, 0) is 17.8 Å². The lowest BCUT2D eigenvalue weighted by molar-refractivity contribution is 0.0816. The second-order valence-electron chi connectivity index (χ2n) is 5.61. The van der Waals surface area contributed by atoms with Crippen molar-refractivity contribution in [2.75, 3.05) is 6.61 Å². The number of nitrogens with one attached hydrogen (secondary N) is 1. The normalized spacial score (nSPS) is 20.8. The third kappa shape index (κ3) is 3.12. The second kappa shape index (κ2) is 6.49. The number of aryl methyl sites for hydroxylation is 3. The fraction of sp³-hybridized carbons (Fsp3) is 0.600. The maximum Gasteiger partial charge on any atom is 0.274 e. The van der Waals surface area contributed by atoms with Crippen LogP contribution in [0.2, 0.25) is 0 Å². The topological polar surface area (TPSA) is 86.9 Å². The molecule has 0 bridgehead atoms. The van der Waals surface area contributed by atoms with Crippen molar-refractivity contribution >= 4 is 5.91 Å². The molecule has 1 saturated heterocycles. The third-order valence-corrected chi connectivity index (χ3v) is 4.04. The summed E-state index contributed by atoms with van der Waals surface area (Å²) in [5, 5.41) is 15.7. The van der Waals surface area contributed by atoms with E-state index in [0.717, 1.165) is 18.5 Å². The summed E-state index contributed by atoms with van der Waals surface area (Å²) in [5.74, 6) is -0.203. The highest BCUT2D eigenvalue weighted by molar-refractivity contribution is 5.93. The highest BCUT2D eigenvalue weighted by atomic mass is 16.5. The zero-order chi connectivity index (χ0) is 16.4. The average molecular weight is 318 g/mol. The van der Waals surface area contributed by atoms with Crippen LogP contribution in [0.15, 0.2) is 12.4 Å². The van der Waals surface area contributed by atoms with E-state index < -0.39 is 0 Å². The summed E-state index contributed by atoms with van der Waals surface area (Å²) >= 11 is 0. The highest BCUT2D eigenvalue weighted by Crippen LogP contribution is 2.29. The number of hydrogen-bond donors (Lipinski definition) is 1. The monoisotopic (exact) mass is 318 g/mol. The quantitative estimate of drug-likeness (QED) is 0.891. The van der Waals surface area contributed by atoms with Gasteiger partial charge in [-0.25, -0.2) is 0 Å². The predicted molar refractivity (Wildman–Crippen MR) is 82.9 cm³/mol. The van der Waals surface area contributed by atoms with Crippen LogP contribution in [0, 0.1) is 6.92 Å². The van der Waals surface area contributed by atoms with Crippen LogP contribution in [0.5, 0.6) is 0 Å². The zero-order valence-corrected chi connectivity index (χ0v) is 13.7. The van der Waals surface area contributed by atoms with Gasteiger partial charge in [-0.2, -0.15) is 15.0 Å². The van der Waals surface area contributed by atoms with Crippen LogP contribution in [0.3, 0.4) is 0 Å². The molecule has 1 amide bonds. The minimum absolute atomic E-state index is 0.0804. The number of amides is 1. The van der Waals surface area contributed by atoms with Gasteiger partial charge in [0.15, 0.2) is 5.69 Å². The average Bonchev–Trinajstić information content (AvgIpc) is 3.25. The molecule has 3 heterocycles. The molecule has 3 rings (SSSR count). The second-order valence-corrected chi connectivity index (χ2v) is 5.61. The van der Waals surface area contributed by atoms with Crippen molar-refractivity contribution in [1.82, 2.24) is 30.1 Å². The summed E-state index contributed by atoms with van der Waals surface area (Å²) in [6, 6.07) is -0.0804. The lowest BCUT2D eigenvalue weighted by Crippen LogP contribution is -2.37. The van der Waals surface area contributed by atoms with Crippen molar-refractivity contribution in [3.8, 4) is 0 Å². The highest BCUT2D eigenvalue weighted by Gasteiger charge is 2.33. The Balaban J connectivity index is 1.72. The number of rotatable bonds is 5. The van der Waals surface area contributed by atoms with Crippen LogP contribution in [0.1, 0.15) is 48.1 Å². The standard InChI is InChI=1S/C15H22N6O2/c1-4-20-9-11(8-16-20)14-12(6-7-23-14)17-15(22)13-10(3)18-21(5-2)19-13/h8-9,12,14H,4-7H2,1-3H3,(H,17,22)/t12-,14+/m0/s1. The maximum absolute atomic E-state index is 12.5. The van der Waals surface area contributed by atoms with Gasteiger partial charge in [-0.1, -0.05) is 0 Å². The molecular weight excluding hydrogens is 296 g/mol. The summed E-state index contributed by atoms with van der Waals surface area (Å²) < 4.78 is 7.65. The lowest BCUT2D eigenvalue weighted by atomic mass is 10.1. The minimum atomic E-state index is -0.203. The van der Waals surface area contributed by atoms with Crippen LogP contribution < -0.4 is 5.32 Å². The first kappa shape index (κ1) is 15.7. The van der Waals surface area contributed by atoms with Gasteiger partial charge in [0, 0.05) is 24.9 Å². The van der Waals surface area contributed by atoms with Gasteiger partial charge in [-0.15, -0.1) is 5.10 Å². The van der Waals surface area contributed by atoms with Gasteiger partial charge < -0.3 is 10.1 Å². The van der Waals surface area contributed by atoms with Crippen molar-refractivity contribution in [2.45, 2.75) is 52.4 Å². The Kier molecular flexibility index (Phi) is 4.42. The van der Waals surface area contributed by atoms with Gasteiger partial charge in [0.1, 0.15) is 6.10 Å². The summed E-state index contributed by atoms with van der Waals surface area (Å²) in [5.41, 5.74) is 2.00. The number of carbonyl (C=O) groups is 1. The Morgan fingerprint density at radius 1 is 1.39 bits per heavy atom. The predicted octanol–water partition coefficient (Wildman–Crippen LogP) is 1.08. The first-order valence-electron chi connectivity index (χ1n) is 7.99. The molecule has 1 fully saturated rings. The van der Waals surface area contributed by atoms with E-state index in [1.54, 1.807) is 13.1 Å². The van der Waals surface area contributed by atoms with Gasteiger partial charge >= 0.3 is 0 Å². The molecular formula is C15H22N6O2. The molecule has 23 heavy (non-hydrogen) atoms. The molecule has 2 aromatic heterocycles. The minimum Gasteiger partial charge on any atom is -0.371 e. The number of aromatic nitrogens is 5. The molecule has 0 saturated carbocycles. The molecule has 8 nitrogen and oxygen atoms in total. The van der Waals surface area contributed by atoms with E-state index in [-0.39, 0.29) is 18.1 Å². The summed E-state index contributed by atoms with van der Waals surface area (Å²) in [7, 11) is 0. The Labute approximate surface area is 134 Å². The van der Waals surface area contributed by atoms with Crippen molar-refractivity contribution in [3.63, 3.8) is 0 Å². The number of hydrogen-bond acceptors (Lipinski definition) is 5. The zero-order valence-electron chi connectivity index (χ0n) is 13.7. The molecule has 0 radical (unpaired) electrons. The van der Waals surface area contributed by atoms with E-state index in [2.05, 4.69) is 20.6 Å². The van der Waals surface area contributed by atoms with Crippen molar-refractivity contribution in [3.05, 3.63) is 29.3 Å². The molecule has 2 atom stereocenters. The summed E-state index contributed by atoms with van der Waals surface area (Å²) in [4.78, 5) is 14.0. The van der Waals surface area contributed by atoms with Crippen LogP contribution in [0.4, 0.5) is 0 Å². The first-order valence-corrected chi connectivity index (χ1v) is 7.99. The largest absolute Gasteiger partial charge is 0.371 e. The van der Waals surface area contributed by atoms with Crippen molar-refractivity contribution in [2.24, 2.45) is 0 Å². The van der Waals surface area contributed by atoms with E-state index in [4.69, 9.17) is 4.74 Å². The Morgan fingerprint density at radius 2 is 2.22 bits per heavy atom. The molecule has 1 aliphatic rings. The number of nitrogens with zero attached hydrogens (tertiary/aromatic N) is 5. The maximum atomic E-state index is 12.5. The fourth-order valence-electron chi connectivity index (χ4n) is 2.78. The molecule has 1 N–H and O–H groups in total. The number of ether oxygens (including phenoxy) is 1. The molecule has 2 aromatic rings. The van der Waals surface area contributed by atoms with Crippen LogP contribution in [0.25, 0.3) is 0 Å². The lowest BCUT2D eigenvalue weighted by Gasteiger charge is -2.18. The SMILES string of the molecule is CCn1cc([C@H]2OCC[C@@H]2NC(=O)c2nn(CC)nc2C)cn1. The van der Waals surface area contributed by atoms with Crippen LogP contribution >= 0.6 is 0 Å². The summed E-state index contributed by atoms with van der Waals surface area (Å²) in [6.45, 7) is 7.83. The molecule has 0 spiro atoms.